The first kappa shape index (κ1) is 9.22. The number of aliphatic hydroxyl groups is 1. The van der Waals surface area contributed by atoms with E-state index in [4.69, 9.17) is 4.74 Å². The van der Waals surface area contributed by atoms with E-state index in [2.05, 4.69) is 6.08 Å². The monoisotopic (exact) mass is 182 g/mol. The first-order chi connectivity index (χ1) is 6.36. The molecule has 1 fully saturated rings. The van der Waals surface area contributed by atoms with E-state index >= 15 is 0 Å². The summed E-state index contributed by atoms with van der Waals surface area (Å²) in [7, 11) is 0. The van der Waals surface area contributed by atoms with Gasteiger partial charge in [-0.05, 0) is 25.7 Å². The lowest BCUT2D eigenvalue weighted by Crippen LogP contribution is -2.06. The quantitative estimate of drug-likeness (QED) is 0.627. The van der Waals surface area contributed by atoms with Crippen LogP contribution in [-0.2, 0) is 4.74 Å². The maximum Gasteiger partial charge on any atom is 0.0723 e. The van der Waals surface area contributed by atoms with Crippen molar-refractivity contribution in [1.29, 1.82) is 0 Å². The van der Waals surface area contributed by atoms with E-state index in [9.17, 15) is 5.11 Å². The second-order valence-electron chi connectivity index (χ2n) is 4.12. The van der Waals surface area contributed by atoms with Crippen LogP contribution in [0.2, 0.25) is 0 Å². The standard InChI is InChI=1S/C11H18O2/c12-11-4-2-1-3-9(7-11)10-5-6-13-8-10/h7,10-12H,1-6,8H2. The molecule has 1 saturated heterocycles. The molecule has 1 heterocycles. The average molecular weight is 182 g/mol. The third-order valence-electron chi connectivity index (χ3n) is 3.08. The Balaban J connectivity index is 2.01. The van der Waals surface area contributed by atoms with E-state index in [0.29, 0.717) is 5.92 Å². The fourth-order valence-electron chi connectivity index (χ4n) is 2.26. The number of ether oxygens (including phenoxy) is 1. The van der Waals surface area contributed by atoms with Crippen molar-refractivity contribution in [3.05, 3.63) is 11.6 Å². The number of hydrogen-bond donors (Lipinski definition) is 1. The Bertz CT molecular complexity index is 192. The molecule has 1 N–H and O–H groups in total. The zero-order valence-electron chi connectivity index (χ0n) is 8.04. The second kappa shape index (κ2) is 4.25. The predicted molar refractivity (Wildman–Crippen MR) is 51.5 cm³/mol. The molecular formula is C11H18O2. The highest BCUT2D eigenvalue weighted by atomic mass is 16.5. The number of hydrogen-bond acceptors (Lipinski definition) is 2. The van der Waals surface area contributed by atoms with Gasteiger partial charge in [0.15, 0.2) is 0 Å². The molecule has 2 nitrogen and oxygen atoms in total. The smallest absolute Gasteiger partial charge is 0.0723 e. The molecule has 0 spiro atoms. The predicted octanol–water partition coefficient (Wildman–Crippen LogP) is 1.88. The Morgan fingerprint density at radius 2 is 2.23 bits per heavy atom. The molecule has 1 aliphatic carbocycles. The van der Waals surface area contributed by atoms with Gasteiger partial charge in [0.05, 0.1) is 12.7 Å². The van der Waals surface area contributed by atoms with Gasteiger partial charge >= 0.3 is 0 Å². The van der Waals surface area contributed by atoms with E-state index < -0.39 is 0 Å². The van der Waals surface area contributed by atoms with E-state index in [0.717, 1.165) is 32.5 Å². The summed E-state index contributed by atoms with van der Waals surface area (Å²) in [5.74, 6) is 0.604. The third kappa shape index (κ3) is 2.32. The summed E-state index contributed by atoms with van der Waals surface area (Å²) in [5.41, 5.74) is 1.45. The van der Waals surface area contributed by atoms with Crippen LogP contribution in [0, 0.1) is 5.92 Å². The largest absolute Gasteiger partial charge is 0.389 e. The molecule has 0 radical (unpaired) electrons. The molecule has 0 aromatic carbocycles. The van der Waals surface area contributed by atoms with E-state index in [-0.39, 0.29) is 6.10 Å². The summed E-state index contributed by atoms with van der Waals surface area (Å²) in [4.78, 5) is 0. The van der Waals surface area contributed by atoms with Gasteiger partial charge in [0.25, 0.3) is 0 Å². The highest BCUT2D eigenvalue weighted by Crippen LogP contribution is 2.28. The summed E-state index contributed by atoms with van der Waals surface area (Å²) in [6.45, 7) is 1.77. The third-order valence-corrected chi connectivity index (χ3v) is 3.08. The van der Waals surface area contributed by atoms with Gasteiger partial charge in [0, 0.05) is 12.5 Å². The summed E-state index contributed by atoms with van der Waals surface area (Å²) in [6, 6.07) is 0. The minimum absolute atomic E-state index is 0.196. The van der Waals surface area contributed by atoms with Crippen LogP contribution >= 0.6 is 0 Å². The van der Waals surface area contributed by atoms with Crippen LogP contribution in [-0.4, -0.2) is 24.4 Å². The summed E-state index contributed by atoms with van der Waals surface area (Å²) in [6.07, 6.45) is 7.54. The minimum atomic E-state index is -0.196. The van der Waals surface area contributed by atoms with Crippen molar-refractivity contribution in [2.45, 2.75) is 38.2 Å². The molecule has 0 aromatic heterocycles. The van der Waals surface area contributed by atoms with Crippen molar-refractivity contribution in [1.82, 2.24) is 0 Å². The van der Waals surface area contributed by atoms with E-state index in [1.165, 1.54) is 18.4 Å². The van der Waals surface area contributed by atoms with Crippen LogP contribution in [0.25, 0.3) is 0 Å². The Morgan fingerprint density at radius 1 is 1.31 bits per heavy atom. The van der Waals surface area contributed by atoms with Crippen molar-refractivity contribution in [2.24, 2.45) is 5.92 Å². The molecule has 0 saturated carbocycles. The lowest BCUT2D eigenvalue weighted by molar-refractivity contribution is 0.189. The summed E-state index contributed by atoms with van der Waals surface area (Å²) in [5, 5.41) is 9.60. The normalized spacial score (nSPS) is 35.6. The molecule has 0 aromatic rings. The lowest BCUT2D eigenvalue weighted by Gasteiger charge is -2.12. The highest BCUT2D eigenvalue weighted by molar-refractivity contribution is 5.12. The molecule has 2 unspecified atom stereocenters. The van der Waals surface area contributed by atoms with Crippen LogP contribution in [0.1, 0.15) is 32.1 Å². The topological polar surface area (TPSA) is 29.5 Å². The molecule has 2 heteroatoms. The van der Waals surface area contributed by atoms with Gasteiger partial charge in [-0.25, -0.2) is 0 Å². The van der Waals surface area contributed by atoms with Crippen LogP contribution in [0.4, 0.5) is 0 Å². The van der Waals surface area contributed by atoms with Gasteiger partial charge in [-0.2, -0.15) is 0 Å². The Kier molecular flexibility index (Phi) is 3.01. The van der Waals surface area contributed by atoms with E-state index in [1.54, 1.807) is 0 Å². The molecule has 74 valence electrons. The zero-order chi connectivity index (χ0) is 9.10. The summed E-state index contributed by atoms with van der Waals surface area (Å²) < 4.78 is 5.36. The fourth-order valence-corrected chi connectivity index (χ4v) is 2.26. The average Bonchev–Trinajstić information content (AvgIpc) is 2.56. The van der Waals surface area contributed by atoms with Crippen LogP contribution in [0.5, 0.6) is 0 Å². The van der Waals surface area contributed by atoms with Crippen LogP contribution in [0.3, 0.4) is 0 Å². The van der Waals surface area contributed by atoms with Crippen molar-refractivity contribution in [3.63, 3.8) is 0 Å². The molecule has 0 amide bonds. The van der Waals surface area contributed by atoms with Gasteiger partial charge in [0.1, 0.15) is 0 Å². The molecule has 0 bridgehead atoms. The second-order valence-corrected chi connectivity index (χ2v) is 4.12. The SMILES string of the molecule is OC1C=C(C2CCOC2)CCCC1. The van der Waals surface area contributed by atoms with Gasteiger partial charge in [-0.15, -0.1) is 0 Å². The first-order valence-corrected chi connectivity index (χ1v) is 5.32. The van der Waals surface area contributed by atoms with Crippen molar-refractivity contribution < 1.29 is 9.84 Å². The van der Waals surface area contributed by atoms with Crippen LogP contribution in [0.15, 0.2) is 11.6 Å². The zero-order valence-corrected chi connectivity index (χ0v) is 8.04. The summed E-state index contributed by atoms with van der Waals surface area (Å²) >= 11 is 0. The highest BCUT2D eigenvalue weighted by Gasteiger charge is 2.21. The van der Waals surface area contributed by atoms with Crippen molar-refractivity contribution in [2.75, 3.05) is 13.2 Å². The van der Waals surface area contributed by atoms with Gasteiger partial charge in [0.2, 0.25) is 0 Å². The maximum atomic E-state index is 9.60. The van der Waals surface area contributed by atoms with Gasteiger partial charge < -0.3 is 9.84 Å². The molecule has 2 rings (SSSR count). The number of aliphatic hydroxyl groups excluding tert-OH is 1. The van der Waals surface area contributed by atoms with Crippen LogP contribution < -0.4 is 0 Å². The Morgan fingerprint density at radius 3 is 3.00 bits per heavy atom. The Labute approximate surface area is 79.6 Å². The molecule has 13 heavy (non-hydrogen) atoms. The fraction of sp³-hybridized carbons (Fsp3) is 0.818. The van der Waals surface area contributed by atoms with Gasteiger partial charge in [-0.3, -0.25) is 0 Å². The lowest BCUT2D eigenvalue weighted by atomic mass is 9.94. The Hall–Kier alpha value is -0.340. The maximum absolute atomic E-state index is 9.60. The molecule has 2 aliphatic rings. The van der Waals surface area contributed by atoms with Gasteiger partial charge in [-0.1, -0.05) is 18.1 Å². The minimum Gasteiger partial charge on any atom is -0.389 e. The number of rotatable bonds is 1. The molecular weight excluding hydrogens is 164 g/mol. The van der Waals surface area contributed by atoms with Crippen molar-refractivity contribution >= 4 is 0 Å². The molecule has 1 aliphatic heterocycles. The first-order valence-electron chi connectivity index (χ1n) is 5.32. The van der Waals surface area contributed by atoms with E-state index in [1.807, 2.05) is 0 Å². The van der Waals surface area contributed by atoms with Crippen molar-refractivity contribution in [3.8, 4) is 0 Å². The molecule has 2 atom stereocenters.